The molecule has 0 saturated carbocycles. The molecule has 0 unspecified atom stereocenters. The maximum atomic E-state index is 12.1. The van der Waals surface area contributed by atoms with Gasteiger partial charge in [0.15, 0.2) is 10.9 Å². The molecule has 0 fully saturated rings. The first-order chi connectivity index (χ1) is 9.92. The normalized spacial score (nSPS) is 11.1. The van der Waals surface area contributed by atoms with Crippen molar-refractivity contribution in [3.63, 3.8) is 0 Å². The molecule has 2 rings (SSSR count). The Morgan fingerprint density at radius 3 is 2.57 bits per heavy atom. The molecule has 1 heterocycles. The molecule has 1 aromatic carbocycles. The lowest BCUT2D eigenvalue weighted by atomic mass is 10.3. The largest absolute Gasteiger partial charge is 0.489 e. The van der Waals surface area contributed by atoms with Gasteiger partial charge in [0, 0.05) is 5.69 Å². The number of halogens is 1. The van der Waals surface area contributed by atoms with Gasteiger partial charge in [-0.1, -0.05) is 11.6 Å². The quantitative estimate of drug-likeness (QED) is 0.641. The van der Waals surface area contributed by atoms with Crippen LogP contribution in [0.15, 0.2) is 35.4 Å². The van der Waals surface area contributed by atoms with Gasteiger partial charge in [-0.3, -0.25) is 0 Å². The number of anilines is 2. The lowest BCUT2D eigenvalue weighted by Gasteiger charge is -2.09. The summed E-state index contributed by atoms with van der Waals surface area (Å²) >= 11 is 5.88. The number of nitrogens with zero attached hydrogens (tertiary/aromatic N) is 2. The minimum atomic E-state index is -3.80. The number of hydrogen-bond donors (Lipinski definition) is 2. The van der Waals surface area contributed by atoms with Crippen LogP contribution in [-0.2, 0) is 10.0 Å². The Hall–Kier alpha value is -2.06. The van der Waals surface area contributed by atoms with Crippen molar-refractivity contribution in [2.45, 2.75) is 11.8 Å². The molecular formula is C12H13ClN4O3S. The van der Waals surface area contributed by atoms with Crippen molar-refractivity contribution in [3.8, 4) is 5.75 Å². The van der Waals surface area contributed by atoms with Crippen molar-refractivity contribution < 1.29 is 13.2 Å². The Morgan fingerprint density at radius 2 is 2.00 bits per heavy atom. The second-order valence-corrected chi connectivity index (χ2v) is 6.00. The van der Waals surface area contributed by atoms with Crippen molar-refractivity contribution in [2.24, 2.45) is 0 Å². The van der Waals surface area contributed by atoms with E-state index in [-0.39, 0.29) is 21.7 Å². The van der Waals surface area contributed by atoms with Crippen LogP contribution in [0.3, 0.4) is 0 Å². The Kier molecular flexibility index (Phi) is 4.49. The number of hydrogen-bond acceptors (Lipinski definition) is 6. The van der Waals surface area contributed by atoms with Crippen LogP contribution in [0.2, 0.25) is 5.15 Å². The van der Waals surface area contributed by atoms with Crippen LogP contribution in [0.5, 0.6) is 5.75 Å². The molecule has 0 aliphatic heterocycles. The molecule has 0 saturated heterocycles. The average Bonchev–Trinajstić information content (AvgIpc) is 2.42. The molecule has 9 heteroatoms. The van der Waals surface area contributed by atoms with Crippen molar-refractivity contribution in [1.29, 1.82) is 0 Å². The second-order valence-electron chi connectivity index (χ2n) is 3.96. The third-order valence-corrected chi connectivity index (χ3v) is 4.04. The number of nitrogens with two attached hydrogens (primary N) is 1. The lowest BCUT2D eigenvalue weighted by molar-refractivity contribution is 0.337. The van der Waals surface area contributed by atoms with E-state index in [0.29, 0.717) is 12.3 Å². The van der Waals surface area contributed by atoms with Crippen LogP contribution in [0.25, 0.3) is 0 Å². The first-order valence-electron chi connectivity index (χ1n) is 5.96. The smallest absolute Gasteiger partial charge is 0.264 e. The molecule has 3 N–H and O–H groups in total. The van der Waals surface area contributed by atoms with Gasteiger partial charge < -0.3 is 10.5 Å². The number of benzene rings is 1. The molecule has 0 amide bonds. The minimum absolute atomic E-state index is 0.0295. The lowest BCUT2D eigenvalue weighted by Crippen LogP contribution is -2.15. The Bertz CT molecular complexity index is 735. The summed E-state index contributed by atoms with van der Waals surface area (Å²) in [4.78, 5) is 7.73. The van der Waals surface area contributed by atoms with E-state index in [1.165, 1.54) is 30.5 Å². The summed E-state index contributed by atoms with van der Waals surface area (Å²) in [6, 6.07) is 5.74. The monoisotopic (exact) mass is 328 g/mol. The fourth-order valence-electron chi connectivity index (χ4n) is 1.48. The molecule has 0 radical (unpaired) electrons. The van der Waals surface area contributed by atoms with E-state index in [0.717, 1.165) is 0 Å². The third-order valence-electron chi connectivity index (χ3n) is 2.43. The topological polar surface area (TPSA) is 107 Å². The first kappa shape index (κ1) is 15.3. The number of sulfonamides is 1. The zero-order valence-corrected chi connectivity index (χ0v) is 12.6. The van der Waals surface area contributed by atoms with E-state index in [2.05, 4.69) is 14.7 Å². The summed E-state index contributed by atoms with van der Waals surface area (Å²) < 4.78 is 31.7. The number of nitrogens with one attached hydrogen (secondary N) is 1. The molecule has 21 heavy (non-hydrogen) atoms. The predicted molar refractivity (Wildman–Crippen MR) is 79.9 cm³/mol. The summed E-state index contributed by atoms with van der Waals surface area (Å²) in [5, 5.41) is 0.0295. The Labute approximate surface area is 127 Å². The molecule has 7 nitrogen and oxygen atoms in total. The third kappa shape index (κ3) is 3.73. The van der Waals surface area contributed by atoms with E-state index < -0.39 is 10.0 Å². The van der Waals surface area contributed by atoms with Crippen LogP contribution in [0, 0.1) is 0 Å². The van der Waals surface area contributed by atoms with Gasteiger partial charge in [-0.05, 0) is 31.2 Å². The average molecular weight is 329 g/mol. The molecule has 112 valence electrons. The predicted octanol–water partition coefficient (Wildman–Crippen LogP) is 1.91. The maximum absolute atomic E-state index is 12.1. The van der Waals surface area contributed by atoms with Gasteiger partial charge in [0.25, 0.3) is 10.0 Å². The summed E-state index contributed by atoms with van der Waals surface area (Å²) in [5.74, 6) is 0.148. The second kappa shape index (κ2) is 6.15. The van der Waals surface area contributed by atoms with Gasteiger partial charge in [0.1, 0.15) is 0 Å². The van der Waals surface area contributed by atoms with Crippen LogP contribution in [0.1, 0.15) is 6.92 Å². The fraction of sp³-hybridized carbons (Fsp3) is 0.167. The van der Waals surface area contributed by atoms with E-state index in [9.17, 15) is 8.42 Å². The van der Waals surface area contributed by atoms with Gasteiger partial charge in [-0.2, -0.15) is 4.98 Å². The SMILES string of the molecule is CCOc1cnc(NS(=O)(=O)c2ccc(N)cc2)nc1Cl. The molecule has 1 aromatic heterocycles. The highest BCUT2D eigenvalue weighted by Crippen LogP contribution is 2.23. The first-order valence-corrected chi connectivity index (χ1v) is 7.82. The molecule has 2 aromatic rings. The summed E-state index contributed by atoms with van der Waals surface area (Å²) in [5.41, 5.74) is 5.98. The molecule has 0 bridgehead atoms. The van der Waals surface area contributed by atoms with E-state index >= 15 is 0 Å². The Balaban J connectivity index is 2.24. The van der Waals surface area contributed by atoms with Gasteiger partial charge >= 0.3 is 0 Å². The minimum Gasteiger partial charge on any atom is -0.489 e. The van der Waals surface area contributed by atoms with E-state index in [1.807, 2.05) is 0 Å². The highest BCUT2D eigenvalue weighted by atomic mass is 35.5. The zero-order chi connectivity index (χ0) is 15.5. The molecule has 0 spiro atoms. The standard InChI is InChI=1S/C12H13ClN4O3S/c1-2-20-10-7-15-12(16-11(10)13)17-21(18,19)9-5-3-8(14)4-6-9/h3-7H,2,14H2,1H3,(H,15,16,17). The van der Waals surface area contributed by atoms with Gasteiger partial charge in [0.05, 0.1) is 17.7 Å². The van der Waals surface area contributed by atoms with E-state index in [4.69, 9.17) is 22.1 Å². The number of ether oxygens (including phenoxy) is 1. The molecule has 0 atom stereocenters. The molecular weight excluding hydrogens is 316 g/mol. The summed E-state index contributed by atoms with van der Waals surface area (Å²) in [6.07, 6.45) is 1.31. The van der Waals surface area contributed by atoms with Crippen molar-refractivity contribution in [2.75, 3.05) is 17.1 Å². The molecule has 0 aliphatic rings. The highest BCUT2D eigenvalue weighted by Gasteiger charge is 2.16. The van der Waals surface area contributed by atoms with Crippen LogP contribution in [0.4, 0.5) is 11.6 Å². The van der Waals surface area contributed by atoms with Crippen molar-refractivity contribution in [3.05, 3.63) is 35.6 Å². The zero-order valence-electron chi connectivity index (χ0n) is 11.1. The Morgan fingerprint density at radius 1 is 1.33 bits per heavy atom. The summed E-state index contributed by atoms with van der Waals surface area (Å²) in [6.45, 7) is 2.19. The van der Waals surface area contributed by atoms with Crippen molar-refractivity contribution >= 4 is 33.3 Å². The van der Waals surface area contributed by atoms with E-state index in [1.54, 1.807) is 6.92 Å². The van der Waals surface area contributed by atoms with Crippen molar-refractivity contribution in [1.82, 2.24) is 9.97 Å². The number of aromatic nitrogens is 2. The van der Waals surface area contributed by atoms with Gasteiger partial charge in [-0.25, -0.2) is 18.1 Å². The van der Waals surface area contributed by atoms with Crippen LogP contribution < -0.4 is 15.2 Å². The fourth-order valence-corrected chi connectivity index (χ4v) is 2.61. The summed E-state index contributed by atoms with van der Waals surface area (Å²) in [7, 11) is -3.80. The maximum Gasteiger partial charge on any atom is 0.264 e. The number of nitrogen functional groups attached to an aromatic ring is 1. The number of rotatable bonds is 5. The van der Waals surface area contributed by atoms with Gasteiger partial charge in [-0.15, -0.1) is 0 Å². The molecule has 0 aliphatic carbocycles. The highest BCUT2D eigenvalue weighted by molar-refractivity contribution is 7.92. The van der Waals surface area contributed by atoms with Crippen LogP contribution >= 0.6 is 11.6 Å². The van der Waals surface area contributed by atoms with Crippen LogP contribution in [-0.4, -0.2) is 25.0 Å². The van der Waals surface area contributed by atoms with Gasteiger partial charge in [0.2, 0.25) is 5.95 Å².